The number of benzene rings is 5. The molecule has 0 fully saturated rings. The van der Waals surface area contributed by atoms with Gasteiger partial charge in [0.25, 0.3) is 0 Å². The summed E-state index contributed by atoms with van der Waals surface area (Å²) >= 11 is 0. The van der Waals surface area contributed by atoms with Crippen molar-refractivity contribution in [3.05, 3.63) is 83.4 Å². The molecule has 0 bridgehead atoms. The summed E-state index contributed by atoms with van der Waals surface area (Å²) in [6, 6.07) is 22.0. The van der Waals surface area contributed by atoms with E-state index >= 15 is 0 Å². The van der Waals surface area contributed by atoms with Crippen molar-refractivity contribution in [1.82, 2.24) is 0 Å². The quantitative estimate of drug-likeness (QED) is 0.167. The van der Waals surface area contributed by atoms with Crippen LogP contribution in [0.25, 0.3) is 21.5 Å². The molecule has 43 heavy (non-hydrogen) atoms. The molecule has 0 amide bonds. The van der Waals surface area contributed by atoms with Crippen LogP contribution in [0, 0.1) is 0 Å². The Hall–Kier alpha value is -4.98. The van der Waals surface area contributed by atoms with Gasteiger partial charge in [0, 0.05) is 23.1 Å². The lowest BCUT2D eigenvalue weighted by atomic mass is 9.82. The van der Waals surface area contributed by atoms with Crippen LogP contribution in [0.5, 0.6) is 46.0 Å². The molecule has 6 rings (SSSR count). The van der Waals surface area contributed by atoms with Gasteiger partial charge in [-0.2, -0.15) is 0 Å². The minimum Gasteiger partial charge on any atom is -0.497 e. The second-order valence-electron chi connectivity index (χ2n) is 10.2. The SMILES string of the molecule is COc1cc(OC)cc(C2c3c(cc(OC)c4c3ccc3cc(OC)c(OC)cc34)OC2c2ccc(OC)c(OC)c2)c1. The fourth-order valence-corrected chi connectivity index (χ4v) is 6.12. The number of methoxy groups -OCH3 is 7. The number of ether oxygens (including phenoxy) is 8. The molecule has 1 heterocycles. The lowest BCUT2D eigenvalue weighted by molar-refractivity contribution is 0.220. The van der Waals surface area contributed by atoms with Crippen LogP contribution in [0.3, 0.4) is 0 Å². The van der Waals surface area contributed by atoms with E-state index in [0.717, 1.165) is 44.0 Å². The predicted molar refractivity (Wildman–Crippen MR) is 165 cm³/mol. The molecule has 1 aliphatic rings. The molecular formula is C35H34O8. The molecule has 5 aromatic rings. The maximum Gasteiger partial charge on any atom is 0.161 e. The third kappa shape index (κ3) is 4.63. The van der Waals surface area contributed by atoms with E-state index in [0.29, 0.717) is 40.2 Å². The van der Waals surface area contributed by atoms with Crippen molar-refractivity contribution in [1.29, 1.82) is 0 Å². The fourth-order valence-electron chi connectivity index (χ4n) is 6.12. The van der Waals surface area contributed by atoms with Gasteiger partial charge < -0.3 is 37.9 Å². The highest BCUT2D eigenvalue weighted by molar-refractivity contribution is 6.13. The second-order valence-corrected chi connectivity index (χ2v) is 10.2. The molecule has 0 spiro atoms. The summed E-state index contributed by atoms with van der Waals surface area (Å²) in [5.74, 6) is 5.13. The Morgan fingerprint density at radius 3 is 1.74 bits per heavy atom. The van der Waals surface area contributed by atoms with Crippen LogP contribution < -0.4 is 37.9 Å². The Morgan fingerprint density at radius 1 is 0.488 bits per heavy atom. The molecule has 8 heteroatoms. The van der Waals surface area contributed by atoms with Crippen LogP contribution in [0.2, 0.25) is 0 Å². The Balaban J connectivity index is 1.67. The van der Waals surface area contributed by atoms with Crippen LogP contribution in [0.4, 0.5) is 0 Å². The smallest absolute Gasteiger partial charge is 0.161 e. The summed E-state index contributed by atoms with van der Waals surface area (Å²) < 4.78 is 46.6. The van der Waals surface area contributed by atoms with E-state index < -0.39 is 6.10 Å². The van der Waals surface area contributed by atoms with Crippen molar-refractivity contribution in [2.24, 2.45) is 0 Å². The first kappa shape index (κ1) is 28.2. The molecule has 222 valence electrons. The highest BCUT2D eigenvalue weighted by Crippen LogP contribution is 2.56. The van der Waals surface area contributed by atoms with E-state index in [1.807, 2.05) is 54.6 Å². The standard InChI is InChI=1S/C35H34O8/c1-36-22-12-21(13-23(16-22)37-2)32-34-24-10-8-19-14-28(40-5)29(41-6)17-25(19)33(24)30(42-7)18-31(34)43-35(32)20-9-11-26(38-3)27(15-20)39-4/h8-18,32,35H,1-7H3. The van der Waals surface area contributed by atoms with E-state index in [2.05, 4.69) is 12.1 Å². The van der Waals surface area contributed by atoms with Crippen molar-refractivity contribution in [3.8, 4) is 46.0 Å². The van der Waals surface area contributed by atoms with Gasteiger partial charge in [0.1, 0.15) is 29.1 Å². The van der Waals surface area contributed by atoms with E-state index in [-0.39, 0.29) is 5.92 Å². The van der Waals surface area contributed by atoms with Gasteiger partial charge >= 0.3 is 0 Å². The highest BCUT2D eigenvalue weighted by Gasteiger charge is 2.40. The first-order valence-corrected chi connectivity index (χ1v) is 13.8. The van der Waals surface area contributed by atoms with Crippen molar-refractivity contribution in [3.63, 3.8) is 0 Å². The Labute approximate surface area is 250 Å². The van der Waals surface area contributed by atoms with Crippen LogP contribution in [0.15, 0.2) is 66.7 Å². The topological polar surface area (TPSA) is 73.8 Å². The maximum atomic E-state index is 6.82. The molecular weight excluding hydrogens is 548 g/mol. The zero-order chi connectivity index (χ0) is 30.2. The van der Waals surface area contributed by atoms with Crippen LogP contribution in [-0.4, -0.2) is 49.8 Å². The van der Waals surface area contributed by atoms with Crippen molar-refractivity contribution >= 4 is 21.5 Å². The zero-order valence-electron chi connectivity index (χ0n) is 25.3. The molecule has 0 radical (unpaired) electrons. The molecule has 5 aromatic carbocycles. The molecule has 8 nitrogen and oxygen atoms in total. The normalized spacial score (nSPS) is 15.5. The summed E-state index contributed by atoms with van der Waals surface area (Å²) in [5, 5.41) is 3.93. The number of fused-ring (bicyclic) bond motifs is 5. The second kappa shape index (κ2) is 11.4. The lowest BCUT2D eigenvalue weighted by Crippen LogP contribution is -2.12. The van der Waals surface area contributed by atoms with E-state index in [4.69, 9.17) is 37.9 Å². The zero-order valence-corrected chi connectivity index (χ0v) is 25.3. The largest absolute Gasteiger partial charge is 0.497 e. The molecule has 0 saturated heterocycles. The van der Waals surface area contributed by atoms with Crippen LogP contribution >= 0.6 is 0 Å². The summed E-state index contributed by atoms with van der Waals surface area (Å²) in [7, 11) is 11.5. The van der Waals surface area contributed by atoms with Gasteiger partial charge in [0.05, 0.1) is 55.7 Å². The van der Waals surface area contributed by atoms with Gasteiger partial charge in [0.15, 0.2) is 23.0 Å². The minimum absolute atomic E-state index is 0.233. The first-order valence-electron chi connectivity index (χ1n) is 13.8. The lowest BCUT2D eigenvalue weighted by Gasteiger charge is -2.23. The van der Waals surface area contributed by atoms with E-state index in [9.17, 15) is 0 Å². The maximum absolute atomic E-state index is 6.82. The number of hydrogen-bond donors (Lipinski definition) is 0. The van der Waals surface area contributed by atoms with Crippen molar-refractivity contribution in [2.45, 2.75) is 12.0 Å². The first-order chi connectivity index (χ1) is 21.0. The molecule has 0 N–H and O–H groups in total. The molecule has 2 unspecified atom stereocenters. The molecule has 0 aliphatic carbocycles. The Morgan fingerprint density at radius 2 is 1.12 bits per heavy atom. The summed E-state index contributed by atoms with van der Waals surface area (Å²) in [4.78, 5) is 0. The average Bonchev–Trinajstić information content (AvgIpc) is 3.45. The summed E-state index contributed by atoms with van der Waals surface area (Å²) in [5.41, 5.74) is 2.94. The summed E-state index contributed by atoms with van der Waals surface area (Å²) in [6.45, 7) is 0. The number of hydrogen-bond acceptors (Lipinski definition) is 8. The highest BCUT2D eigenvalue weighted by atomic mass is 16.5. The van der Waals surface area contributed by atoms with Gasteiger partial charge in [-0.05, 0) is 63.7 Å². The third-order valence-electron chi connectivity index (χ3n) is 8.14. The fraction of sp³-hybridized carbons (Fsp3) is 0.257. The minimum atomic E-state index is -0.400. The van der Waals surface area contributed by atoms with Gasteiger partial charge in [-0.15, -0.1) is 0 Å². The van der Waals surface area contributed by atoms with Gasteiger partial charge in [-0.1, -0.05) is 18.2 Å². The Bertz CT molecular complexity index is 1810. The molecule has 1 aliphatic heterocycles. The number of rotatable bonds is 9. The average molecular weight is 583 g/mol. The predicted octanol–water partition coefficient (Wildman–Crippen LogP) is 7.32. The van der Waals surface area contributed by atoms with Gasteiger partial charge in [-0.3, -0.25) is 0 Å². The molecule has 0 saturated carbocycles. The van der Waals surface area contributed by atoms with Crippen molar-refractivity contribution in [2.75, 3.05) is 49.8 Å². The monoisotopic (exact) mass is 582 g/mol. The van der Waals surface area contributed by atoms with E-state index in [1.54, 1.807) is 49.8 Å². The third-order valence-corrected chi connectivity index (χ3v) is 8.14. The molecule has 0 aromatic heterocycles. The van der Waals surface area contributed by atoms with Crippen LogP contribution in [-0.2, 0) is 0 Å². The van der Waals surface area contributed by atoms with E-state index in [1.165, 1.54) is 0 Å². The summed E-state index contributed by atoms with van der Waals surface area (Å²) in [6.07, 6.45) is -0.400. The van der Waals surface area contributed by atoms with Gasteiger partial charge in [-0.25, -0.2) is 0 Å². The van der Waals surface area contributed by atoms with Crippen molar-refractivity contribution < 1.29 is 37.9 Å². The van der Waals surface area contributed by atoms with Gasteiger partial charge in [0.2, 0.25) is 0 Å². The Kier molecular flexibility index (Phi) is 7.44. The molecule has 2 atom stereocenters. The van der Waals surface area contributed by atoms with Crippen LogP contribution in [0.1, 0.15) is 28.7 Å².